The van der Waals surface area contributed by atoms with Gasteiger partial charge in [-0.2, -0.15) is 0 Å². The Morgan fingerprint density at radius 2 is 1.91 bits per heavy atom. The van der Waals surface area contributed by atoms with Crippen LogP contribution in [-0.2, 0) is 6.54 Å². The van der Waals surface area contributed by atoms with E-state index in [1.165, 1.54) is 25.0 Å². The number of halogens is 1. The van der Waals surface area contributed by atoms with Crippen LogP contribution in [0.5, 0.6) is 0 Å². The number of hydrogen-bond acceptors (Lipinski definition) is 3. The van der Waals surface area contributed by atoms with Crippen molar-refractivity contribution in [2.24, 2.45) is 0 Å². The number of rotatable bonds is 4. The molecule has 0 unspecified atom stereocenters. The van der Waals surface area contributed by atoms with Crippen molar-refractivity contribution >= 4 is 11.6 Å². The van der Waals surface area contributed by atoms with Crippen LogP contribution in [0.2, 0.25) is 0 Å². The lowest BCUT2D eigenvalue weighted by atomic mass is 10.2. The average Bonchev–Trinajstić information content (AvgIpc) is 3.09. The van der Waals surface area contributed by atoms with Crippen molar-refractivity contribution in [3.63, 3.8) is 0 Å². The van der Waals surface area contributed by atoms with Gasteiger partial charge in [-0.15, -0.1) is 0 Å². The third-order valence-corrected chi connectivity index (χ3v) is 3.82. The number of nitrogens with one attached hydrogen (secondary N) is 1. The molecule has 1 N–H and O–H groups in total. The first kappa shape index (κ1) is 14.5. The number of amides is 1. The molecule has 4 nitrogen and oxygen atoms in total. The van der Waals surface area contributed by atoms with Gasteiger partial charge < -0.3 is 10.2 Å². The zero-order valence-corrected chi connectivity index (χ0v) is 12.3. The first-order valence-corrected chi connectivity index (χ1v) is 7.45. The molecule has 3 rings (SSSR count). The summed E-state index contributed by atoms with van der Waals surface area (Å²) in [6.45, 7) is 2.40. The van der Waals surface area contributed by atoms with Gasteiger partial charge in [0.2, 0.25) is 0 Å². The lowest BCUT2D eigenvalue weighted by Crippen LogP contribution is -2.24. The van der Waals surface area contributed by atoms with E-state index in [2.05, 4.69) is 15.2 Å². The second-order valence-electron chi connectivity index (χ2n) is 5.44. The van der Waals surface area contributed by atoms with Crippen LogP contribution in [0.15, 0.2) is 42.7 Å². The lowest BCUT2D eigenvalue weighted by Gasteiger charge is -2.17. The molecule has 1 aromatic carbocycles. The van der Waals surface area contributed by atoms with Crippen molar-refractivity contribution in [1.82, 2.24) is 10.3 Å². The number of nitrogens with zero attached hydrogens (tertiary/aromatic N) is 2. The van der Waals surface area contributed by atoms with Crippen LogP contribution >= 0.6 is 0 Å². The van der Waals surface area contributed by atoms with E-state index in [0.29, 0.717) is 12.1 Å². The summed E-state index contributed by atoms with van der Waals surface area (Å²) in [5.74, 6) is -0.449. The van der Waals surface area contributed by atoms with Gasteiger partial charge in [-0.3, -0.25) is 9.78 Å². The molecular weight excluding hydrogens is 281 g/mol. The quantitative estimate of drug-likeness (QED) is 0.944. The number of carbonyl (C=O) groups excluding carboxylic acids is 1. The normalized spacial score (nSPS) is 14.1. The van der Waals surface area contributed by atoms with E-state index in [1.807, 2.05) is 6.07 Å². The van der Waals surface area contributed by atoms with Gasteiger partial charge >= 0.3 is 0 Å². The van der Waals surface area contributed by atoms with E-state index in [9.17, 15) is 9.18 Å². The smallest absolute Gasteiger partial charge is 0.253 e. The summed E-state index contributed by atoms with van der Waals surface area (Å²) in [5.41, 5.74) is 2.40. The molecule has 114 valence electrons. The number of pyridine rings is 1. The second kappa shape index (κ2) is 6.56. The Morgan fingerprint density at radius 1 is 1.18 bits per heavy atom. The first-order valence-electron chi connectivity index (χ1n) is 7.45. The van der Waals surface area contributed by atoms with Gasteiger partial charge in [0.1, 0.15) is 5.82 Å². The van der Waals surface area contributed by atoms with Crippen molar-refractivity contribution < 1.29 is 9.18 Å². The highest BCUT2D eigenvalue weighted by Crippen LogP contribution is 2.20. The van der Waals surface area contributed by atoms with Gasteiger partial charge in [-0.05, 0) is 36.6 Å². The fourth-order valence-electron chi connectivity index (χ4n) is 2.59. The Bertz CT molecular complexity index is 651. The third-order valence-electron chi connectivity index (χ3n) is 3.82. The predicted octanol–water partition coefficient (Wildman–Crippen LogP) is 2.75. The monoisotopic (exact) mass is 299 g/mol. The summed E-state index contributed by atoms with van der Waals surface area (Å²) in [4.78, 5) is 18.6. The Labute approximate surface area is 129 Å². The summed E-state index contributed by atoms with van der Waals surface area (Å²) < 4.78 is 12.8. The van der Waals surface area contributed by atoms with Crippen LogP contribution in [0, 0.1) is 5.82 Å². The highest BCUT2D eigenvalue weighted by molar-refractivity contribution is 5.94. The molecule has 0 aliphatic carbocycles. The van der Waals surface area contributed by atoms with Crippen LogP contribution in [0.3, 0.4) is 0 Å². The lowest BCUT2D eigenvalue weighted by molar-refractivity contribution is 0.0950. The third kappa shape index (κ3) is 3.42. The van der Waals surface area contributed by atoms with Crippen molar-refractivity contribution in [2.45, 2.75) is 19.4 Å². The molecule has 1 amide bonds. The van der Waals surface area contributed by atoms with Gasteiger partial charge in [0.15, 0.2) is 0 Å². The number of anilines is 1. The van der Waals surface area contributed by atoms with Crippen molar-refractivity contribution in [3.8, 4) is 0 Å². The molecule has 2 aromatic rings. The van der Waals surface area contributed by atoms with E-state index in [-0.39, 0.29) is 11.7 Å². The minimum atomic E-state index is -0.280. The highest BCUT2D eigenvalue weighted by atomic mass is 19.1. The van der Waals surface area contributed by atoms with Crippen LogP contribution in [0.4, 0.5) is 10.1 Å². The molecule has 5 heteroatoms. The Balaban J connectivity index is 1.64. The number of benzene rings is 1. The van der Waals surface area contributed by atoms with Crippen molar-refractivity contribution in [1.29, 1.82) is 0 Å². The van der Waals surface area contributed by atoms with Gasteiger partial charge in [0.05, 0.1) is 17.4 Å². The van der Waals surface area contributed by atoms with Crippen molar-refractivity contribution in [3.05, 3.63) is 59.7 Å². The van der Waals surface area contributed by atoms with Crippen LogP contribution in [-0.4, -0.2) is 24.0 Å². The number of aromatic nitrogens is 1. The summed E-state index contributed by atoms with van der Waals surface area (Å²) in [6, 6.07) is 7.97. The molecule has 0 spiro atoms. The molecule has 0 radical (unpaired) electrons. The molecular formula is C17H18FN3O. The summed E-state index contributed by atoms with van der Waals surface area (Å²) in [7, 11) is 0. The molecule has 0 atom stereocenters. The maximum atomic E-state index is 12.8. The molecule has 1 aliphatic heterocycles. The standard InChI is InChI=1S/C17H18FN3O/c18-15-5-3-13(4-6-15)10-20-17(22)14-9-16(12-19-11-14)21-7-1-2-8-21/h3-6,9,11-12H,1-2,7-8,10H2,(H,20,22). The van der Waals surface area contributed by atoms with Gasteiger partial charge in [0.25, 0.3) is 5.91 Å². The average molecular weight is 299 g/mol. The molecule has 0 bridgehead atoms. The second-order valence-corrected chi connectivity index (χ2v) is 5.44. The summed E-state index contributed by atoms with van der Waals surface area (Å²) in [6.07, 6.45) is 5.73. The Hall–Kier alpha value is -2.43. The predicted molar refractivity (Wildman–Crippen MR) is 83.3 cm³/mol. The maximum absolute atomic E-state index is 12.8. The van der Waals surface area contributed by atoms with Gasteiger partial charge in [-0.25, -0.2) is 4.39 Å². The SMILES string of the molecule is O=C(NCc1ccc(F)cc1)c1cncc(N2CCCC2)c1. The molecule has 22 heavy (non-hydrogen) atoms. The fraction of sp³-hybridized carbons (Fsp3) is 0.294. The summed E-state index contributed by atoms with van der Waals surface area (Å²) in [5, 5.41) is 2.83. The minimum Gasteiger partial charge on any atom is -0.370 e. The van der Waals surface area contributed by atoms with Crippen LogP contribution in [0.1, 0.15) is 28.8 Å². The van der Waals surface area contributed by atoms with E-state index in [4.69, 9.17) is 0 Å². The van der Waals surface area contributed by atoms with Crippen molar-refractivity contribution in [2.75, 3.05) is 18.0 Å². The largest absolute Gasteiger partial charge is 0.370 e. The zero-order valence-electron chi connectivity index (χ0n) is 12.3. The number of carbonyl (C=O) groups is 1. The van der Waals surface area contributed by atoms with E-state index in [0.717, 1.165) is 24.3 Å². The van der Waals surface area contributed by atoms with E-state index < -0.39 is 0 Å². The molecule has 0 saturated carbocycles. The summed E-state index contributed by atoms with van der Waals surface area (Å²) >= 11 is 0. The van der Waals surface area contributed by atoms with E-state index in [1.54, 1.807) is 24.5 Å². The van der Waals surface area contributed by atoms with Crippen LogP contribution < -0.4 is 10.2 Å². The maximum Gasteiger partial charge on any atom is 0.253 e. The Morgan fingerprint density at radius 3 is 2.64 bits per heavy atom. The molecule has 1 saturated heterocycles. The molecule has 1 aliphatic rings. The fourth-order valence-corrected chi connectivity index (χ4v) is 2.59. The zero-order chi connectivity index (χ0) is 15.4. The molecule has 1 aromatic heterocycles. The van der Waals surface area contributed by atoms with Gasteiger partial charge in [0, 0.05) is 25.8 Å². The Kier molecular flexibility index (Phi) is 4.32. The highest BCUT2D eigenvalue weighted by Gasteiger charge is 2.14. The first-order chi connectivity index (χ1) is 10.7. The molecule has 1 fully saturated rings. The number of hydrogen-bond donors (Lipinski definition) is 1. The minimum absolute atomic E-state index is 0.169. The van der Waals surface area contributed by atoms with Gasteiger partial charge in [-0.1, -0.05) is 12.1 Å². The molecule has 2 heterocycles. The van der Waals surface area contributed by atoms with Crippen LogP contribution in [0.25, 0.3) is 0 Å². The topological polar surface area (TPSA) is 45.2 Å². The van der Waals surface area contributed by atoms with E-state index >= 15 is 0 Å².